The number of halogens is 2. The molecular formula is C15H12ClFO3. The third kappa shape index (κ3) is 2.75. The summed E-state index contributed by atoms with van der Waals surface area (Å²) >= 11 is 5.67. The van der Waals surface area contributed by atoms with Gasteiger partial charge in [0.1, 0.15) is 5.82 Å². The summed E-state index contributed by atoms with van der Waals surface area (Å²) in [5.74, 6) is -0.189. The molecule has 0 amide bonds. The molecule has 0 N–H and O–H groups in total. The minimum Gasteiger partial charge on any atom is -0.493 e. The SMILES string of the molecule is COc1ccc(C(=O)c2ccc(Cl)cc2F)cc1OC. The highest BCUT2D eigenvalue weighted by molar-refractivity contribution is 6.30. The van der Waals surface area contributed by atoms with Gasteiger partial charge in [0, 0.05) is 10.6 Å². The van der Waals surface area contributed by atoms with Gasteiger partial charge in [-0.15, -0.1) is 0 Å². The Hall–Kier alpha value is -2.07. The molecule has 0 aromatic heterocycles. The van der Waals surface area contributed by atoms with Crippen molar-refractivity contribution in [1.29, 1.82) is 0 Å². The van der Waals surface area contributed by atoms with Crippen LogP contribution in [-0.4, -0.2) is 20.0 Å². The monoisotopic (exact) mass is 294 g/mol. The van der Waals surface area contributed by atoms with Gasteiger partial charge in [0.05, 0.1) is 19.8 Å². The summed E-state index contributed by atoms with van der Waals surface area (Å²) < 4.78 is 24.0. The number of ketones is 1. The van der Waals surface area contributed by atoms with E-state index in [1.165, 1.54) is 32.4 Å². The zero-order valence-electron chi connectivity index (χ0n) is 10.9. The summed E-state index contributed by atoms with van der Waals surface area (Å²) in [7, 11) is 2.97. The fraction of sp³-hybridized carbons (Fsp3) is 0.133. The van der Waals surface area contributed by atoms with Crippen LogP contribution in [0, 0.1) is 5.82 Å². The lowest BCUT2D eigenvalue weighted by Crippen LogP contribution is -2.05. The number of hydrogen-bond donors (Lipinski definition) is 0. The van der Waals surface area contributed by atoms with Gasteiger partial charge < -0.3 is 9.47 Å². The van der Waals surface area contributed by atoms with Crippen LogP contribution in [0.15, 0.2) is 36.4 Å². The molecule has 0 aliphatic heterocycles. The normalized spacial score (nSPS) is 10.2. The molecule has 0 aliphatic rings. The van der Waals surface area contributed by atoms with Crippen LogP contribution in [0.1, 0.15) is 15.9 Å². The highest BCUT2D eigenvalue weighted by atomic mass is 35.5. The zero-order chi connectivity index (χ0) is 14.7. The van der Waals surface area contributed by atoms with E-state index < -0.39 is 11.6 Å². The molecule has 0 aliphatic carbocycles. The average Bonchev–Trinajstić information content (AvgIpc) is 2.45. The summed E-state index contributed by atoms with van der Waals surface area (Å²) in [6.45, 7) is 0. The van der Waals surface area contributed by atoms with Crippen LogP contribution in [-0.2, 0) is 0 Å². The van der Waals surface area contributed by atoms with Crippen LogP contribution in [0.5, 0.6) is 11.5 Å². The van der Waals surface area contributed by atoms with Gasteiger partial charge in [-0.3, -0.25) is 4.79 Å². The van der Waals surface area contributed by atoms with E-state index in [1.807, 2.05) is 0 Å². The van der Waals surface area contributed by atoms with Gasteiger partial charge in [0.25, 0.3) is 0 Å². The molecule has 0 atom stereocenters. The molecule has 3 nitrogen and oxygen atoms in total. The number of ether oxygens (including phenoxy) is 2. The number of carbonyl (C=O) groups excluding carboxylic acids is 1. The second kappa shape index (κ2) is 5.92. The predicted molar refractivity (Wildman–Crippen MR) is 74.4 cm³/mol. The number of rotatable bonds is 4. The molecule has 0 unspecified atom stereocenters. The molecule has 0 spiro atoms. The van der Waals surface area contributed by atoms with Crippen LogP contribution in [0.2, 0.25) is 5.02 Å². The van der Waals surface area contributed by atoms with Crippen molar-refractivity contribution in [2.45, 2.75) is 0 Å². The van der Waals surface area contributed by atoms with Crippen LogP contribution >= 0.6 is 11.6 Å². The maximum absolute atomic E-state index is 13.8. The van der Waals surface area contributed by atoms with Crippen molar-refractivity contribution >= 4 is 17.4 Å². The smallest absolute Gasteiger partial charge is 0.196 e. The lowest BCUT2D eigenvalue weighted by Gasteiger charge is -2.09. The van der Waals surface area contributed by atoms with Gasteiger partial charge in [-0.05, 0) is 36.4 Å². The van der Waals surface area contributed by atoms with Crippen molar-refractivity contribution in [2.75, 3.05) is 14.2 Å². The summed E-state index contributed by atoms with van der Waals surface area (Å²) in [5, 5.41) is 0.242. The third-order valence-corrected chi connectivity index (χ3v) is 3.06. The number of carbonyl (C=O) groups is 1. The van der Waals surface area contributed by atoms with Gasteiger partial charge in [0.2, 0.25) is 0 Å². The van der Waals surface area contributed by atoms with Crippen molar-refractivity contribution in [3.05, 3.63) is 58.4 Å². The van der Waals surface area contributed by atoms with Crippen molar-refractivity contribution in [1.82, 2.24) is 0 Å². The molecule has 2 aromatic carbocycles. The van der Waals surface area contributed by atoms with Crippen LogP contribution in [0.4, 0.5) is 4.39 Å². The minimum absolute atomic E-state index is 0.0402. The van der Waals surface area contributed by atoms with Crippen molar-refractivity contribution in [3.8, 4) is 11.5 Å². The largest absolute Gasteiger partial charge is 0.493 e. The molecule has 20 heavy (non-hydrogen) atoms. The Morgan fingerprint density at radius 2 is 1.75 bits per heavy atom. The molecule has 0 fully saturated rings. The van der Waals surface area contributed by atoms with E-state index in [2.05, 4.69) is 0 Å². The van der Waals surface area contributed by atoms with Crippen molar-refractivity contribution in [2.24, 2.45) is 0 Å². The fourth-order valence-electron chi connectivity index (χ4n) is 1.81. The standard InChI is InChI=1S/C15H12ClFO3/c1-19-13-6-3-9(7-14(13)20-2)15(18)11-5-4-10(16)8-12(11)17/h3-8H,1-2H3. The molecule has 2 rings (SSSR count). The molecular weight excluding hydrogens is 283 g/mol. The van der Waals surface area contributed by atoms with Crippen molar-refractivity contribution < 1.29 is 18.7 Å². The lowest BCUT2D eigenvalue weighted by atomic mass is 10.0. The highest BCUT2D eigenvalue weighted by Gasteiger charge is 2.16. The maximum Gasteiger partial charge on any atom is 0.196 e. The van der Waals surface area contributed by atoms with Gasteiger partial charge in [-0.1, -0.05) is 11.6 Å². The van der Waals surface area contributed by atoms with E-state index in [0.717, 1.165) is 6.07 Å². The van der Waals surface area contributed by atoms with E-state index in [-0.39, 0.29) is 10.6 Å². The molecule has 5 heteroatoms. The Bertz CT molecular complexity index is 656. The first-order valence-electron chi connectivity index (χ1n) is 5.78. The van der Waals surface area contributed by atoms with Gasteiger partial charge >= 0.3 is 0 Å². The van der Waals surface area contributed by atoms with E-state index in [1.54, 1.807) is 12.1 Å². The first-order valence-corrected chi connectivity index (χ1v) is 6.16. The molecule has 0 saturated heterocycles. The average molecular weight is 295 g/mol. The summed E-state index contributed by atoms with van der Waals surface area (Å²) in [4.78, 5) is 12.3. The van der Waals surface area contributed by atoms with E-state index in [4.69, 9.17) is 21.1 Å². The third-order valence-electron chi connectivity index (χ3n) is 2.82. The summed E-state index contributed by atoms with van der Waals surface area (Å²) in [5.41, 5.74) is 0.269. The molecule has 2 aromatic rings. The maximum atomic E-state index is 13.8. The lowest BCUT2D eigenvalue weighted by molar-refractivity contribution is 0.103. The number of methoxy groups -OCH3 is 2. The Morgan fingerprint density at radius 1 is 1.05 bits per heavy atom. The summed E-state index contributed by atoms with van der Waals surface area (Å²) in [6, 6.07) is 8.59. The van der Waals surface area contributed by atoms with Crippen LogP contribution < -0.4 is 9.47 Å². The highest BCUT2D eigenvalue weighted by Crippen LogP contribution is 2.29. The quantitative estimate of drug-likeness (QED) is 0.806. The number of hydrogen-bond acceptors (Lipinski definition) is 3. The second-order valence-electron chi connectivity index (χ2n) is 4.02. The van der Waals surface area contributed by atoms with Gasteiger partial charge in [-0.2, -0.15) is 0 Å². The Labute approximate surface area is 120 Å². The Balaban J connectivity index is 2.43. The molecule has 104 valence electrons. The number of benzene rings is 2. The van der Waals surface area contributed by atoms with Gasteiger partial charge in [-0.25, -0.2) is 4.39 Å². The first kappa shape index (κ1) is 14.3. The Kier molecular flexibility index (Phi) is 4.25. The Morgan fingerprint density at radius 3 is 2.35 bits per heavy atom. The molecule has 0 saturated carbocycles. The zero-order valence-corrected chi connectivity index (χ0v) is 11.7. The molecule has 0 radical (unpaired) electrons. The topological polar surface area (TPSA) is 35.5 Å². The second-order valence-corrected chi connectivity index (χ2v) is 4.46. The summed E-state index contributed by atoms with van der Waals surface area (Å²) in [6.07, 6.45) is 0. The minimum atomic E-state index is -0.655. The fourth-order valence-corrected chi connectivity index (χ4v) is 1.97. The predicted octanol–water partition coefficient (Wildman–Crippen LogP) is 3.73. The van der Waals surface area contributed by atoms with E-state index in [9.17, 15) is 9.18 Å². The van der Waals surface area contributed by atoms with Crippen LogP contribution in [0.3, 0.4) is 0 Å². The van der Waals surface area contributed by atoms with E-state index in [0.29, 0.717) is 17.1 Å². The van der Waals surface area contributed by atoms with E-state index >= 15 is 0 Å². The first-order chi connectivity index (χ1) is 9.56. The molecule has 0 heterocycles. The molecule has 0 bridgehead atoms. The van der Waals surface area contributed by atoms with Gasteiger partial charge in [0.15, 0.2) is 17.3 Å². The van der Waals surface area contributed by atoms with Crippen molar-refractivity contribution in [3.63, 3.8) is 0 Å². The van der Waals surface area contributed by atoms with Crippen LogP contribution in [0.25, 0.3) is 0 Å².